The Hall–Kier alpha value is -1.59. The van der Waals surface area contributed by atoms with E-state index in [9.17, 15) is 9.59 Å². The number of hydrogen-bond acceptors (Lipinski definition) is 3. The molecule has 0 spiro atoms. The molecule has 0 atom stereocenters. The summed E-state index contributed by atoms with van der Waals surface area (Å²) in [5.74, 6) is -0.108. The molecule has 22 heavy (non-hydrogen) atoms. The Balaban J connectivity index is 2.24. The molecule has 0 saturated heterocycles. The van der Waals surface area contributed by atoms with Gasteiger partial charge < -0.3 is 15.0 Å². The van der Waals surface area contributed by atoms with Gasteiger partial charge in [0, 0.05) is 45.1 Å². The van der Waals surface area contributed by atoms with Crippen LogP contribution in [0.3, 0.4) is 0 Å². The Morgan fingerprint density at radius 1 is 1.23 bits per heavy atom. The fourth-order valence-electron chi connectivity index (χ4n) is 1.95. The van der Waals surface area contributed by atoms with E-state index < -0.39 is 0 Å². The second-order valence-electron chi connectivity index (χ2n) is 4.98. The predicted octanol–water partition coefficient (Wildman–Crippen LogP) is 1.88. The molecular formula is C16H23ClN2O3. The monoisotopic (exact) mass is 326 g/mol. The number of nitrogens with one attached hydrogen (secondary N) is 1. The molecule has 1 N–H and O–H groups in total. The van der Waals surface area contributed by atoms with Crippen LogP contribution in [0.1, 0.15) is 18.9 Å². The van der Waals surface area contributed by atoms with Gasteiger partial charge in [-0.05, 0) is 24.1 Å². The zero-order valence-electron chi connectivity index (χ0n) is 13.1. The molecule has 0 radical (unpaired) electrons. The smallest absolute Gasteiger partial charge is 0.221 e. The summed E-state index contributed by atoms with van der Waals surface area (Å²) >= 11 is 5.82. The van der Waals surface area contributed by atoms with Crippen LogP contribution in [-0.2, 0) is 20.7 Å². The first-order valence-electron chi connectivity index (χ1n) is 7.28. The first-order chi connectivity index (χ1) is 10.5. The Bertz CT molecular complexity index is 477. The molecule has 0 saturated carbocycles. The van der Waals surface area contributed by atoms with Crippen LogP contribution in [0.5, 0.6) is 0 Å². The molecule has 0 aromatic heterocycles. The summed E-state index contributed by atoms with van der Waals surface area (Å²) in [4.78, 5) is 24.8. The number of benzene rings is 1. The molecule has 2 amide bonds. The van der Waals surface area contributed by atoms with Crippen LogP contribution in [0, 0.1) is 0 Å². The summed E-state index contributed by atoms with van der Waals surface area (Å²) in [6.07, 6.45) is 1.05. The standard InChI is InChI=1S/C16H23ClN2O3/c1-13(20)19(11-12-22-2)10-8-16(21)18-9-7-14-3-5-15(17)6-4-14/h3-6H,7-12H2,1-2H3,(H,18,21). The van der Waals surface area contributed by atoms with E-state index >= 15 is 0 Å². The van der Waals surface area contributed by atoms with Crippen LogP contribution in [-0.4, -0.2) is 50.1 Å². The Labute approximate surface area is 136 Å². The lowest BCUT2D eigenvalue weighted by molar-refractivity contribution is -0.130. The van der Waals surface area contributed by atoms with E-state index in [0.717, 1.165) is 12.0 Å². The largest absolute Gasteiger partial charge is 0.383 e. The van der Waals surface area contributed by atoms with Crippen molar-refractivity contribution in [3.63, 3.8) is 0 Å². The normalized spacial score (nSPS) is 10.3. The minimum atomic E-state index is -0.0577. The van der Waals surface area contributed by atoms with Gasteiger partial charge in [0.25, 0.3) is 0 Å². The Morgan fingerprint density at radius 3 is 2.50 bits per heavy atom. The van der Waals surface area contributed by atoms with E-state index in [1.54, 1.807) is 12.0 Å². The van der Waals surface area contributed by atoms with Crippen molar-refractivity contribution in [3.8, 4) is 0 Å². The summed E-state index contributed by atoms with van der Waals surface area (Å²) in [6.45, 7) is 3.44. The number of carbonyl (C=O) groups is 2. The molecule has 0 aliphatic rings. The highest BCUT2D eigenvalue weighted by Gasteiger charge is 2.10. The number of halogens is 1. The number of amides is 2. The summed E-state index contributed by atoms with van der Waals surface area (Å²) < 4.78 is 4.95. The maximum Gasteiger partial charge on any atom is 0.221 e. The molecule has 1 aromatic rings. The molecular weight excluding hydrogens is 304 g/mol. The number of carbonyl (C=O) groups excluding carboxylic acids is 2. The predicted molar refractivity (Wildman–Crippen MR) is 86.9 cm³/mol. The van der Waals surface area contributed by atoms with Gasteiger partial charge >= 0.3 is 0 Å². The Morgan fingerprint density at radius 2 is 1.91 bits per heavy atom. The molecule has 1 rings (SSSR count). The van der Waals surface area contributed by atoms with E-state index in [0.29, 0.717) is 37.7 Å². The summed E-state index contributed by atoms with van der Waals surface area (Å²) in [5.41, 5.74) is 1.12. The number of ether oxygens (including phenoxy) is 1. The number of methoxy groups -OCH3 is 1. The maximum atomic E-state index is 11.8. The third-order valence-electron chi connectivity index (χ3n) is 3.27. The van der Waals surface area contributed by atoms with E-state index in [-0.39, 0.29) is 11.8 Å². The van der Waals surface area contributed by atoms with E-state index in [4.69, 9.17) is 16.3 Å². The fraction of sp³-hybridized carbons (Fsp3) is 0.500. The minimum Gasteiger partial charge on any atom is -0.383 e. The summed E-state index contributed by atoms with van der Waals surface area (Å²) in [5, 5.41) is 3.56. The van der Waals surface area contributed by atoms with E-state index in [1.165, 1.54) is 6.92 Å². The lowest BCUT2D eigenvalue weighted by Crippen LogP contribution is -2.36. The lowest BCUT2D eigenvalue weighted by atomic mass is 10.1. The summed E-state index contributed by atoms with van der Waals surface area (Å²) in [7, 11) is 1.59. The zero-order chi connectivity index (χ0) is 16.4. The van der Waals surface area contributed by atoms with Crippen LogP contribution >= 0.6 is 11.6 Å². The summed E-state index contributed by atoms with van der Waals surface area (Å²) in [6, 6.07) is 7.55. The highest BCUT2D eigenvalue weighted by Crippen LogP contribution is 2.09. The molecule has 0 fully saturated rings. The quantitative estimate of drug-likeness (QED) is 0.754. The van der Waals surface area contributed by atoms with Crippen molar-refractivity contribution >= 4 is 23.4 Å². The van der Waals surface area contributed by atoms with Gasteiger partial charge in [-0.15, -0.1) is 0 Å². The highest BCUT2D eigenvalue weighted by molar-refractivity contribution is 6.30. The van der Waals surface area contributed by atoms with Gasteiger partial charge in [0.15, 0.2) is 0 Å². The molecule has 1 aromatic carbocycles. The average Bonchev–Trinajstić information content (AvgIpc) is 2.49. The molecule has 122 valence electrons. The molecule has 0 bridgehead atoms. The van der Waals surface area contributed by atoms with Gasteiger partial charge in [-0.25, -0.2) is 0 Å². The second kappa shape index (κ2) is 10.2. The van der Waals surface area contributed by atoms with Crippen LogP contribution in [0.2, 0.25) is 5.02 Å². The second-order valence-corrected chi connectivity index (χ2v) is 5.41. The molecule has 0 heterocycles. The van der Waals surface area contributed by atoms with Crippen molar-refractivity contribution in [1.29, 1.82) is 0 Å². The highest BCUT2D eigenvalue weighted by atomic mass is 35.5. The fourth-order valence-corrected chi connectivity index (χ4v) is 2.08. The van der Waals surface area contributed by atoms with Crippen molar-refractivity contribution in [1.82, 2.24) is 10.2 Å². The van der Waals surface area contributed by atoms with E-state index in [2.05, 4.69) is 5.32 Å². The average molecular weight is 327 g/mol. The zero-order valence-corrected chi connectivity index (χ0v) is 13.9. The van der Waals surface area contributed by atoms with Gasteiger partial charge in [0.2, 0.25) is 11.8 Å². The van der Waals surface area contributed by atoms with Crippen LogP contribution in [0.4, 0.5) is 0 Å². The van der Waals surface area contributed by atoms with Crippen molar-refractivity contribution < 1.29 is 14.3 Å². The third-order valence-corrected chi connectivity index (χ3v) is 3.52. The topological polar surface area (TPSA) is 58.6 Å². The number of rotatable bonds is 9. The van der Waals surface area contributed by atoms with Crippen LogP contribution in [0.25, 0.3) is 0 Å². The van der Waals surface area contributed by atoms with Crippen molar-refractivity contribution in [2.75, 3.05) is 33.4 Å². The molecule has 0 aliphatic carbocycles. The third kappa shape index (κ3) is 7.43. The van der Waals surface area contributed by atoms with Crippen molar-refractivity contribution in [3.05, 3.63) is 34.9 Å². The van der Waals surface area contributed by atoms with Crippen LogP contribution in [0.15, 0.2) is 24.3 Å². The van der Waals surface area contributed by atoms with Gasteiger partial charge in [-0.1, -0.05) is 23.7 Å². The molecule has 0 unspecified atom stereocenters. The number of hydrogen-bond donors (Lipinski definition) is 1. The number of nitrogens with zero attached hydrogens (tertiary/aromatic N) is 1. The van der Waals surface area contributed by atoms with E-state index in [1.807, 2.05) is 24.3 Å². The Kier molecular flexibility index (Phi) is 8.55. The first-order valence-corrected chi connectivity index (χ1v) is 7.66. The van der Waals surface area contributed by atoms with Crippen molar-refractivity contribution in [2.45, 2.75) is 19.8 Å². The maximum absolute atomic E-state index is 11.8. The SMILES string of the molecule is COCCN(CCC(=O)NCCc1ccc(Cl)cc1)C(C)=O. The van der Waals surface area contributed by atoms with Gasteiger partial charge in [-0.2, -0.15) is 0 Å². The van der Waals surface area contributed by atoms with Crippen LogP contribution < -0.4 is 5.32 Å². The van der Waals surface area contributed by atoms with Gasteiger partial charge in [0.05, 0.1) is 6.61 Å². The first kappa shape index (κ1) is 18.5. The minimum absolute atomic E-state index is 0.0500. The molecule has 0 aliphatic heterocycles. The lowest BCUT2D eigenvalue weighted by Gasteiger charge is -2.20. The van der Waals surface area contributed by atoms with Gasteiger partial charge in [0.1, 0.15) is 0 Å². The molecule has 5 nitrogen and oxygen atoms in total. The van der Waals surface area contributed by atoms with Gasteiger partial charge in [-0.3, -0.25) is 9.59 Å². The van der Waals surface area contributed by atoms with Crippen molar-refractivity contribution in [2.24, 2.45) is 0 Å². The molecule has 6 heteroatoms.